The number of anilines is 1. The Hall–Kier alpha value is -3.21. The molecule has 64 heavy (non-hydrogen) atoms. The Morgan fingerprint density at radius 2 is 1.53 bits per heavy atom. The summed E-state index contributed by atoms with van der Waals surface area (Å²) in [7, 11) is -17.9. The second-order valence-corrected chi connectivity index (χ2v) is 24.1. The lowest BCUT2D eigenvalue weighted by molar-refractivity contribution is -0.438. The summed E-state index contributed by atoms with van der Waals surface area (Å²) in [4.78, 5) is 1.96. The molecule has 3 aromatic rings. The molecule has 1 fully saturated rings. The first-order valence-electron chi connectivity index (χ1n) is 19.9. The first-order valence-corrected chi connectivity index (χ1v) is 27.4. The summed E-state index contributed by atoms with van der Waals surface area (Å²) in [5, 5.41) is 19.5. The lowest BCUT2D eigenvalue weighted by atomic mass is 9.77. The molecule has 3 aromatic carbocycles. The van der Waals surface area contributed by atoms with Crippen molar-refractivity contribution in [1.29, 1.82) is 0 Å². The van der Waals surface area contributed by atoms with Crippen molar-refractivity contribution in [3.8, 4) is 0 Å². The molecule has 2 atom stereocenters. The van der Waals surface area contributed by atoms with Gasteiger partial charge in [-0.3, -0.25) is 18.2 Å². The molecule has 24 heteroatoms. The van der Waals surface area contributed by atoms with Gasteiger partial charge in [0.25, 0.3) is 40.5 Å². The molecule has 350 valence electrons. The van der Waals surface area contributed by atoms with Crippen LogP contribution in [0.4, 0.5) is 11.4 Å². The van der Waals surface area contributed by atoms with Crippen molar-refractivity contribution in [2.45, 2.75) is 97.3 Å². The highest BCUT2D eigenvalue weighted by Gasteiger charge is 2.54. The fourth-order valence-electron chi connectivity index (χ4n) is 9.31. The molecule has 2 heterocycles. The number of nitrogens with zero attached hydrogens (tertiary/aromatic N) is 2. The van der Waals surface area contributed by atoms with Crippen molar-refractivity contribution in [2.75, 3.05) is 29.5 Å². The number of unbranched alkanes of at least 4 members (excludes halogenated alkanes) is 2. The zero-order chi connectivity index (χ0) is 47.0. The maximum Gasteiger partial charge on any atom is 0.294 e. The Kier molecular flexibility index (Phi) is 15.0. The van der Waals surface area contributed by atoms with Gasteiger partial charge in [-0.25, -0.2) is 10.5 Å². The summed E-state index contributed by atoms with van der Waals surface area (Å²) < 4.78 is 146. The topological polar surface area (TPSA) is 283 Å². The molecule has 2 unspecified atom stereocenters. The molecule has 0 radical (unpaired) electrons. The molecule has 0 saturated heterocycles. The van der Waals surface area contributed by atoms with Crippen LogP contribution in [-0.2, 0) is 60.0 Å². The van der Waals surface area contributed by atoms with Crippen molar-refractivity contribution in [3.05, 3.63) is 88.4 Å². The van der Waals surface area contributed by atoms with Gasteiger partial charge in [0.1, 0.15) is 6.54 Å². The summed E-state index contributed by atoms with van der Waals surface area (Å²) in [6.07, 6.45) is 8.13. The van der Waals surface area contributed by atoms with Crippen LogP contribution in [0.5, 0.6) is 0 Å². The van der Waals surface area contributed by atoms with E-state index in [1.54, 1.807) is 30.4 Å². The lowest BCUT2D eigenvalue weighted by Crippen LogP contribution is -2.41. The van der Waals surface area contributed by atoms with E-state index in [-0.39, 0.29) is 30.7 Å². The van der Waals surface area contributed by atoms with Gasteiger partial charge in [-0.05, 0) is 98.9 Å². The van der Waals surface area contributed by atoms with Crippen molar-refractivity contribution >= 4 is 92.4 Å². The monoisotopic (exact) mass is 1010 g/mol. The Morgan fingerprint density at radius 1 is 0.859 bits per heavy atom. The fraction of sp³-hybridized carbons (Fsp3) is 0.425. The first kappa shape index (κ1) is 50.2. The SMILES string of the molecule is CC12CC\C(=C/C=C(/C=C/CC3N(CCCCS(=O)(=O)O)c4ccc5cc(S(=O)(=O)O)cc(SOO)c5c4C3(C)C)S(=O)(=O)O)C1=[N+](CCCCS(=O)(=O)O)c1ccc(SOO)cc12. The van der Waals surface area contributed by atoms with Gasteiger partial charge >= 0.3 is 0 Å². The van der Waals surface area contributed by atoms with Crippen LogP contribution in [0.1, 0.15) is 76.8 Å². The smallest absolute Gasteiger partial charge is 0.294 e. The van der Waals surface area contributed by atoms with Gasteiger partial charge in [0.15, 0.2) is 5.71 Å². The maximum atomic E-state index is 12.9. The van der Waals surface area contributed by atoms with Gasteiger partial charge in [0.05, 0.1) is 50.8 Å². The summed E-state index contributed by atoms with van der Waals surface area (Å²) in [5.74, 6) is -0.887. The highest BCUT2D eigenvalue weighted by molar-refractivity contribution is 7.95. The van der Waals surface area contributed by atoms with Crippen LogP contribution >= 0.6 is 24.1 Å². The Labute approximate surface area is 381 Å². The van der Waals surface area contributed by atoms with E-state index in [9.17, 15) is 57.1 Å². The Balaban J connectivity index is 1.37. The van der Waals surface area contributed by atoms with E-state index in [1.807, 2.05) is 42.4 Å². The van der Waals surface area contributed by atoms with Gasteiger partial charge < -0.3 is 4.90 Å². The first-order chi connectivity index (χ1) is 29.8. The van der Waals surface area contributed by atoms with Crippen molar-refractivity contribution in [1.82, 2.24) is 0 Å². The molecule has 3 aliphatic rings. The van der Waals surface area contributed by atoms with Crippen molar-refractivity contribution in [2.24, 2.45) is 0 Å². The number of allylic oxidation sites excluding steroid dienone is 4. The van der Waals surface area contributed by atoms with E-state index >= 15 is 0 Å². The Morgan fingerprint density at radius 3 is 2.16 bits per heavy atom. The maximum absolute atomic E-state index is 12.9. The van der Waals surface area contributed by atoms with Crippen LogP contribution in [0.15, 0.2) is 91.9 Å². The second-order valence-electron chi connectivity index (χ2n) is 16.6. The molecule has 0 amide bonds. The van der Waals surface area contributed by atoms with Crippen LogP contribution in [-0.4, -0.2) is 103 Å². The van der Waals surface area contributed by atoms with E-state index in [1.165, 1.54) is 18.2 Å². The van der Waals surface area contributed by atoms with Gasteiger partial charge in [0.2, 0.25) is 5.69 Å². The predicted molar refractivity (Wildman–Crippen MR) is 243 cm³/mol. The third-order valence-electron chi connectivity index (χ3n) is 12.1. The van der Waals surface area contributed by atoms with Crippen molar-refractivity contribution in [3.63, 3.8) is 0 Å². The Bertz CT molecular complexity index is 2910. The zero-order valence-corrected chi connectivity index (χ0v) is 39.7. The van der Waals surface area contributed by atoms with E-state index in [0.717, 1.165) is 40.6 Å². The van der Waals surface area contributed by atoms with E-state index in [2.05, 4.69) is 8.67 Å². The van der Waals surface area contributed by atoms with Gasteiger partial charge in [-0.1, -0.05) is 32.1 Å². The molecule has 6 N–H and O–H groups in total. The highest BCUT2D eigenvalue weighted by atomic mass is 32.2. The average Bonchev–Trinajstić information content (AvgIpc) is 3.72. The molecule has 1 aliphatic carbocycles. The number of fused-ring (bicyclic) bond motifs is 6. The summed E-state index contributed by atoms with van der Waals surface area (Å²) in [6, 6.07) is 10.9. The lowest BCUT2D eigenvalue weighted by Gasteiger charge is -2.34. The third-order valence-corrected chi connectivity index (χ3v) is 16.5. The molecule has 18 nitrogen and oxygen atoms in total. The third kappa shape index (κ3) is 11.0. The highest BCUT2D eigenvalue weighted by Crippen LogP contribution is 2.53. The molecule has 2 aliphatic heterocycles. The predicted octanol–water partition coefficient (Wildman–Crippen LogP) is 7.38. The molecule has 0 spiro atoms. The van der Waals surface area contributed by atoms with Gasteiger partial charge in [-0.2, -0.15) is 46.9 Å². The number of hydrogen-bond donors (Lipinski definition) is 6. The van der Waals surface area contributed by atoms with Crippen LogP contribution in [0.3, 0.4) is 0 Å². The molecule has 1 saturated carbocycles. The van der Waals surface area contributed by atoms with Crippen LogP contribution in [0.2, 0.25) is 0 Å². The molecular formula is C40H49N2O16S6+. The minimum absolute atomic E-state index is 0.116. The van der Waals surface area contributed by atoms with Crippen LogP contribution in [0, 0.1) is 0 Å². The summed E-state index contributed by atoms with van der Waals surface area (Å²) >= 11 is 1.24. The normalized spacial score (nSPS) is 20.8. The zero-order valence-electron chi connectivity index (χ0n) is 34.8. The van der Waals surface area contributed by atoms with E-state index < -0.39 is 78.7 Å². The largest absolute Gasteiger partial charge is 0.367 e. The van der Waals surface area contributed by atoms with Crippen LogP contribution in [0.25, 0.3) is 10.8 Å². The minimum Gasteiger partial charge on any atom is -0.367 e. The van der Waals surface area contributed by atoms with Gasteiger partial charge in [0, 0.05) is 62.5 Å². The van der Waals surface area contributed by atoms with E-state index in [4.69, 9.17) is 5.26 Å². The average molecular weight is 1010 g/mol. The molecule has 0 bridgehead atoms. The van der Waals surface area contributed by atoms with Crippen molar-refractivity contribution < 1.29 is 75.6 Å². The quantitative estimate of drug-likeness (QED) is 0.0122. The summed E-state index contributed by atoms with van der Waals surface area (Å²) in [6.45, 7) is 6.52. The minimum atomic E-state index is -4.80. The number of rotatable bonds is 20. The number of benzene rings is 3. The van der Waals surface area contributed by atoms with Gasteiger partial charge in [-0.15, -0.1) is 0 Å². The number of hydrogen-bond acceptors (Lipinski definition) is 15. The molecule has 0 aromatic heterocycles. The fourth-order valence-corrected chi connectivity index (χ4v) is 12.5. The van der Waals surface area contributed by atoms with Crippen LogP contribution < -0.4 is 4.90 Å². The standard InChI is InChI=1S/C40H48N2O16S6/c1-39(2)35(41(19-4-6-21-61(45,46)47)33-15-12-27-23-30(64(54,55)56)25-34(60-58-44)36(27)37(33)39)10-8-9-29(63(51,52)53)14-11-26-17-18-40(3)31-24-28(59-57-43)13-16-32(31)42(38(26)40)20-5-7-22-62(48,49)50/h8-9,11-16,23-25,35H,4-7,10,17-22H2,1-3H3,(H5-,43,44,45,46,47,48,49,50,51,52,53,54,55,56)/p+1/b9-8+,26-11+,29-14-. The van der Waals surface area contributed by atoms with E-state index in [0.29, 0.717) is 71.2 Å². The molecular weight excluding hydrogens is 957 g/mol. The second kappa shape index (κ2) is 19.2. The molecule has 6 rings (SSSR count). The summed E-state index contributed by atoms with van der Waals surface area (Å²) in [5.41, 5.74) is 3.37.